The van der Waals surface area contributed by atoms with Gasteiger partial charge >= 0.3 is 11.9 Å². The molecule has 0 bridgehead atoms. The van der Waals surface area contributed by atoms with Gasteiger partial charge in [0.1, 0.15) is 12.1 Å². The number of piperazine rings is 1. The largest absolute Gasteiger partial charge is 0.466 e. The second-order valence-electron chi connectivity index (χ2n) is 26.4. The zero-order valence-corrected chi connectivity index (χ0v) is 56.6. The van der Waals surface area contributed by atoms with Crippen LogP contribution in [0.5, 0.6) is 0 Å². The molecule has 1 saturated heterocycles. The summed E-state index contributed by atoms with van der Waals surface area (Å²) in [4.78, 5) is 56.1. The number of aliphatic hydroxyl groups excluding tert-OH is 4. The standard InChI is InChI=1S/C72H140N4O10/c1-5-9-13-17-21-25-29-33-37-41-47-63(77)59-75(60-64(78)48-42-38-34-30-26-22-18-14-10-6-2)55-45-51-69(81)85-57-53-67-71(83)74-68(72(84)73-67)54-58-86-70(82)52-46-56-76(61-65(79)49-43-39-35-31-27-23-19-15-11-7-3)62-66(80)50-44-40-36-32-28-24-20-16-12-8-4/h63-68,77-80H,5-62H2,1-4H3,(H,73,84)(H,74,83). The first-order valence-corrected chi connectivity index (χ1v) is 37.0. The number of ether oxygens (including phenoxy) is 2. The average molecular weight is 1220 g/mol. The van der Waals surface area contributed by atoms with Crippen molar-refractivity contribution in [1.82, 2.24) is 20.4 Å². The number of rotatable bonds is 66. The van der Waals surface area contributed by atoms with Gasteiger partial charge in [0, 0.05) is 51.9 Å². The minimum atomic E-state index is -0.858. The minimum Gasteiger partial charge on any atom is -0.466 e. The molecule has 2 amide bonds. The van der Waals surface area contributed by atoms with Crippen molar-refractivity contribution in [3.05, 3.63) is 0 Å². The Balaban J connectivity index is 2.53. The topological polar surface area (TPSA) is 198 Å². The predicted octanol–water partition coefficient (Wildman–Crippen LogP) is 15.7. The van der Waals surface area contributed by atoms with Crippen LogP contribution in [-0.4, -0.2) is 143 Å². The summed E-state index contributed by atoms with van der Waals surface area (Å²) in [5, 5.41) is 49.8. The van der Waals surface area contributed by atoms with Crippen LogP contribution in [0, 0.1) is 0 Å². The normalized spacial score (nSPS) is 15.9. The number of carbonyl (C=O) groups is 4. The Morgan fingerprint density at radius 2 is 0.558 bits per heavy atom. The van der Waals surface area contributed by atoms with Crippen molar-refractivity contribution in [1.29, 1.82) is 0 Å². The van der Waals surface area contributed by atoms with Gasteiger partial charge in [-0.1, -0.05) is 285 Å². The molecule has 6 atom stereocenters. The SMILES string of the molecule is CCCCCCCCCCCCC(O)CN(CCCC(=O)OCCC1NC(=O)C(CCOC(=O)CCCN(CC(O)CCCCCCCCCCCC)CC(O)CCCCCCCCCCCC)NC1=O)CC(O)CCCCCCCCCCCC. The third kappa shape index (κ3) is 51.4. The molecule has 86 heavy (non-hydrogen) atoms. The van der Waals surface area contributed by atoms with Gasteiger partial charge in [0.05, 0.1) is 37.6 Å². The zero-order valence-electron chi connectivity index (χ0n) is 56.6. The Morgan fingerprint density at radius 3 is 0.779 bits per heavy atom. The quantitative estimate of drug-likeness (QED) is 0.0249. The number of amides is 2. The molecule has 6 unspecified atom stereocenters. The molecule has 0 spiro atoms. The molecule has 14 nitrogen and oxygen atoms in total. The number of nitrogens with one attached hydrogen (secondary N) is 2. The van der Waals surface area contributed by atoms with E-state index in [4.69, 9.17) is 9.47 Å². The molecule has 1 fully saturated rings. The van der Waals surface area contributed by atoms with Crippen LogP contribution >= 0.6 is 0 Å². The van der Waals surface area contributed by atoms with E-state index in [1.807, 2.05) is 0 Å². The fraction of sp³-hybridized carbons (Fsp3) is 0.944. The molecule has 508 valence electrons. The van der Waals surface area contributed by atoms with Gasteiger partial charge in [-0.15, -0.1) is 0 Å². The third-order valence-corrected chi connectivity index (χ3v) is 17.8. The van der Waals surface area contributed by atoms with Crippen molar-refractivity contribution in [2.75, 3.05) is 52.5 Å². The summed E-state index contributed by atoms with van der Waals surface area (Å²) in [7, 11) is 0. The third-order valence-electron chi connectivity index (χ3n) is 17.8. The molecule has 0 aromatic rings. The Morgan fingerprint density at radius 1 is 0.349 bits per heavy atom. The van der Waals surface area contributed by atoms with Crippen LogP contribution in [-0.2, 0) is 28.7 Å². The number of esters is 2. The molecule has 1 aliphatic rings. The summed E-state index contributed by atoms with van der Waals surface area (Å²) >= 11 is 0. The molecule has 14 heteroatoms. The maximum atomic E-state index is 13.1. The second kappa shape index (κ2) is 60.2. The molecule has 1 heterocycles. The van der Waals surface area contributed by atoms with E-state index >= 15 is 0 Å². The minimum absolute atomic E-state index is 0.0353. The highest BCUT2D eigenvalue weighted by molar-refractivity contribution is 5.96. The zero-order chi connectivity index (χ0) is 62.8. The van der Waals surface area contributed by atoms with E-state index in [0.29, 0.717) is 52.1 Å². The average Bonchev–Trinajstić information content (AvgIpc) is 3.23. The first-order chi connectivity index (χ1) is 41.9. The van der Waals surface area contributed by atoms with Gasteiger partial charge in [0.25, 0.3) is 0 Å². The summed E-state index contributed by atoms with van der Waals surface area (Å²) in [5.41, 5.74) is 0. The van der Waals surface area contributed by atoms with Crippen LogP contribution in [0.15, 0.2) is 0 Å². The van der Waals surface area contributed by atoms with E-state index in [2.05, 4.69) is 48.1 Å². The fourth-order valence-corrected chi connectivity index (χ4v) is 12.2. The lowest BCUT2D eigenvalue weighted by molar-refractivity contribution is -0.147. The van der Waals surface area contributed by atoms with Crippen molar-refractivity contribution in [2.24, 2.45) is 0 Å². The highest BCUT2D eigenvalue weighted by Gasteiger charge is 2.33. The van der Waals surface area contributed by atoms with E-state index in [1.54, 1.807) is 0 Å². The highest BCUT2D eigenvalue weighted by atomic mass is 16.5. The summed E-state index contributed by atoms with van der Waals surface area (Å²) < 4.78 is 11.0. The van der Waals surface area contributed by atoms with Crippen LogP contribution in [0.3, 0.4) is 0 Å². The number of aliphatic hydroxyl groups is 4. The van der Waals surface area contributed by atoms with Gasteiger partial charge in [-0.3, -0.25) is 29.0 Å². The summed E-state index contributed by atoms with van der Waals surface area (Å²) in [6, 6.07) is -1.72. The monoisotopic (exact) mass is 1220 g/mol. The molecule has 1 rings (SSSR count). The first-order valence-electron chi connectivity index (χ1n) is 37.0. The van der Waals surface area contributed by atoms with Crippen molar-refractivity contribution in [3.8, 4) is 0 Å². The second-order valence-corrected chi connectivity index (χ2v) is 26.4. The molecule has 0 aromatic carbocycles. The van der Waals surface area contributed by atoms with Gasteiger partial charge in [0.15, 0.2) is 0 Å². The first kappa shape index (κ1) is 81.7. The Bertz CT molecular complexity index is 1370. The molecule has 1 aliphatic heterocycles. The van der Waals surface area contributed by atoms with E-state index in [1.165, 1.54) is 205 Å². The van der Waals surface area contributed by atoms with Crippen LogP contribution in [0.2, 0.25) is 0 Å². The fourth-order valence-electron chi connectivity index (χ4n) is 12.2. The molecule has 0 saturated carbocycles. The number of hydrogen-bond donors (Lipinski definition) is 6. The molecule has 0 aliphatic carbocycles. The van der Waals surface area contributed by atoms with Gasteiger partial charge in [-0.05, 0) is 51.6 Å². The van der Waals surface area contributed by atoms with Gasteiger partial charge in [-0.25, -0.2) is 0 Å². The number of nitrogens with zero attached hydrogens (tertiary/aromatic N) is 2. The predicted molar refractivity (Wildman–Crippen MR) is 356 cm³/mol. The Kier molecular flexibility index (Phi) is 57.2. The molecule has 0 radical (unpaired) electrons. The lowest BCUT2D eigenvalue weighted by Crippen LogP contribution is -2.62. The van der Waals surface area contributed by atoms with E-state index in [0.717, 1.165) is 77.0 Å². The van der Waals surface area contributed by atoms with Gasteiger partial charge in [0.2, 0.25) is 11.8 Å². The molecular formula is C72H140N4O10. The number of carbonyl (C=O) groups excluding carboxylic acids is 4. The molecular weight excluding hydrogens is 1080 g/mol. The van der Waals surface area contributed by atoms with Gasteiger partial charge < -0.3 is 40.5 Å². The summed E-state index contributed by atoms with van der Waals surface area (Å²) in [6.07, 6.45) is 52.2. The maximum absolute atomic E-state index is 13.1. The van der Waals surface area contributed by atoms with Crippen molar-refractivity contribution in [3.63, 3.8) is 0 Å². The van der Waals surface area contributed by atoms with Crippen molar-refractivity contribution >= 4 is 23.8 Å². The van der Waals surface area contributed by atoms with E-state index in [-0.39, 0.29) is 50.7 Å². The van der Waals surface area contributed by atoms with Gasteiger partial charge in [-0.2, -0.15) is 0 Å². The number of unbranched alkanes of at least 4 members (excludes halogenated alkanes) is 36. The maximum Gasteiger partial charge on any atom is 0.305 e. The van der Waals surface area contributed by atoms with Crippen LogP contribution < -0.4 is 10.6 Å². The number of hydrogen-bond acceptors (Lipinski definition) is 12. The van der Waals surface area contributed by atoms with E-state index < -0.39 is 48.4 Å². The van der Waals surface area contributed by atoms with Crippen molar-refractivity contribution in [2.45, 2.75) is 385 Å². The Labute approximate surface area is 528 Å². The molecule has 6 N–H and O–H groups in total. The summed E-state index contributed by atoms with van der Waals surface area (Å²) in [5.74, 6) is -1.56. The molecule has 0 aromatic heterocycles. The van der Waals surface area contributed by atoms with Crippen LogP contribution in [0.4, 0.5) is 0 Å². The van der Waals surface area contributed by atoms with E-state index in [9.17, 15) is 39.6 Å². The van der Waals surface area contributed by atoms with Crippen LogP contribution in [0.1, 0.15) is 349 Å². The smallest absolute Gasteiger partial charge is 0.305 e. The lowest BCUT2D eigenvalue weighted by atomic mass is 10.0. The van der Waals surface area contributed by atoms with Crippen LogP contribution in [0.25, 0.3) is 0 Å². The van der Waals surface area contributed by atoms with Crippen molar-refractivity contribution < 1.29 is 49.1 Å². The highest BCUT2D eigenvalue weighted by Crippen LogP contribution is 2.19. The Hall–Kier alpha value is -2.36. The summed E-state index contributed by atoms with van der Waals surface area (Å²) in [6.45, 7) is 11.8. The lowest BCUT2D eigenvalue weighted by Gasteiger charge is -2.29.